The Labute approximate surface area is 168 Å². The number of hydrogen-bond donors (Lipinski definition) is 1. The minimum absolute atomic E-state index is 0.0847. The largest absolute Gasteiger partial charge is 0.503 e. The fourth-order valence-corrected chi connectivity index (χ4v) is 3.61. The topological polar surface area (TPSA) is 70.8 Å². The molecule has 1 atom stereocenters. The molecule has 1 aromatic heterocycles. The molecule has 1 N–H and O–H groups in total. The molecular formula is C24H21NO4. The molecule has 0 bridgehead atoms. The zero-order valence-electron chi connectivity index (χ0n) is 16.0. The van der Waals surface area contributed by atoms with E-state index in [1.165, 1.54) is 11.2 Å². The quantitative estimate of drug-likeness (QED) is 0.666. The van der Waals surface area contributed by atoms with Gasteiger partial charge in [0.25, 0.3) is 5.91 Å². The van der Waals surface area contributed by atoms with Crippen LogP contribution in [0.1, 0.15) is 29.3 Å². The van der Waals surface area contributed by atoms with Crippen LogP contribution >= 0.6 is 0 Å². The Morgan fingerprint density at radius 2 is 1.76 bits per heavy atom. The molecule has 5 nitrogen and oxygen atoms in total. The van der Waals surface area contributed by atoms with E-state index in [2.05, 4.69) is 0 Å². The van der Waals surface area contributed by atoms with Gasteiger partial charge < -0.3 is 9.52 Å². The monoisotopic (exact) mass is 387 g/mol. The summed E-state index contributed by atoms with van der Waals surface area (Å²) in [6, 6.07) is 19.6. The van der Waals surface area contributed by atoms with Crippen LogP contribution in [0.25, 0.3) is 0 Å². The summed E-state index contributed by atoms with van der Waals surface area (Å²) in [7, 11) is 0. The molecule has 0 spiro atoms. The van der Waals surface area contributed by atoms with Crippen LogP contribution in [0.5, 0.6) is 0 Å². The van der Waals surface area contributed by atoms with Crippen LogP contribution in [-0.2, 0) is 16.0 Å². The number of furan rings is 1. The molecule has 1 amide bonds. The number of carbonyl (C=O) groups excluding carboxylic acids is 2. The highest BCUT2D eigenvalue weighted by Crippen LogP contribution is 2.41. The number of nitrogens with zero attached hydrogens (tertiary/aromatic N) is 1. The summed E-state index contributed by atoms with van der Waals surface area (Å²) in [5, 5.41) is 10.6. The molecule has 4 rings (SSSR count). The summed E-state index contributed by atoms with van der Waals surface area (Å²) in [6.07, 6.45) is 2.21. The maximum absolute atomic E-state index is 13.1. The van der Waals surface area contributed by atoms with Crippen molar-refractivity contribution in [1.29, 1.82) is 0 Å². The van der Waals surface area contributed by atoms with E-state index >= 15 is 0 Å². The molecular weight excluding hydrogens is 366 g/mol. The first-order chi connectivity index (χ1) is 14.1. The van der Waals surface area contributed by atoms with Gasteiger partial charge in [0, 0.05) is 12.1 Å². The van der Waals surface area contributed by atoms with Crippen molar-refractivity contribution in [3.63, 3.8) is 0 Å². The molecule has 1 aliphatic heterocycles. The molecule has 0 aliphatic carbocycles. The number of aliphatic hydroxyl groups excluding tert-OH is 1. The highest BCUT2D eigenvalue weighted by molar-refractivity contribution is 6.16. The number of Topliss-reactive ketones (excluding diaryl/α,β-unsaturated/α-hetero) is 1. The summed E-state index contributed by atoms with van der Waals surface area (Å²) in [6.45, 7) is 1.95. The normalized spacial score (nSPS) is 16.5. The summed E-state index contributed by atoms with van der Waals surface area (Å²) < 4.78 is 5.54. The predicted octanol–water partition coefficient (Wildman–Crippen LogP) is 4.69. The second kappa shape index (κ2) is 7.80. The van der Waals surface area contributed by atoms with E-state index in [1.807, 2.05) is 49.4 Å². The number of aryl methyl sites for hydroxylation is 2. The number of ketones is 1. The van der Waals surface area contributed by atoms with Crippen LogP contribution in [0, 0.1) is 6.92 Å². The van der Waals surface area contributed by atoms with E-state index in [-0.39, 0.29) is 17.8 Å². The first-order valence-corrected chi connectivity index (χ1v) is 9.50. The van der Waals surface area contributed by atoms with Crippen molar-refractivity contribution >= 4 is 17.4 Å². The number of rotatable bonds is 6. The third kappa shape index (κ3) is 3.59. The van der Waals surface area contributed by atoms with Crippen LogP contribution in [0.3, 0.4) is 0 Å². The van der Waals surface area contributed by atoms with E-state index in [9.17, 15) is 14.7 Å². The van der Waals surface area contributed by atoms with Crippen molar-refractivity contribution < 1.29 is 19.1 Å². The van der Waals surface area contributed by atoms with Crippen LogP contribution in [-0.4, -0.2) is 16.8 Å². The summed E-state index contributed by atoms with van der Waals surface area (Å²) in [4.78, 5) is 27.4. The van der Waals surface area contributed by atoms with Crippen LogP contribution < -0.4 is 4.90 Å². The summed E-state index contributed by atoms with van der Waals surface area (Å²) >= 11 is 0. The first-order valence-electron chi connectivity index (χ1n) is 9.50. The lowest BCUT2D eigenvalue weighted by molar-refractivity contribution is -0.118. The number of hydrogen-bond acceptors (Lipinski definition) is 4. The predicted molar refractivity (Wildman–Crippen MR) is 110 cm³/mol. The van der Waals surface area contributed by atoms with Gasteiger partial charge in [-0.2, -0.15) is 0 Å². The second-order valence-electron chi connectivity index (χ2n) is 7.10. The zero-order valence-corrected chi connectivity index (χ0v) is 16.0. The highest BCUT2D eigenvalue weighted by Gasteiger charge is 2.45. The smallest absolute Gasteiger partial charge is 0.294 e. The molecule has 5 heteroatoms. The Hall–Kier alpha value is -3.60. The van der Waals surface area contributed by atoms with Gasteiger partial charge >= 0.3 is 0 Å². The maximum atomic E-state index is 13.1. The third-order valence-electron chi connectivity index (χ3n) is 5.12. The standard InChI is InChI=1S/C24H21NO4/c1-16-9-12-18(13-10-16)25-22(20-8-5-15-29-20)21(23(27)24(25)28)19(26)14-11-17-6-3-2-4-7-17/h2-10,12-13,15,22,27H,11,14H2,1H3. The van der Waals surface area contributed by atoms with Crippen LogP contribution in [0.4, 0.5) is 5.69 Å². The Kier molecular flexibility index (Phi) is 5.04. The number of amides is 1. The molecule has 146 valence electrons. The van der Waals surface area contributed by atoms with Gasteiger partial charge in [-0.15, -0.1) is 0 Å². The molecule has 2 heterocycles. The van der Waals surface area contributed by atoms with Gasteiger partial charge in [-0.25, -0.2) is 0 Å². The molecule has 1 aliphatic rings. The number of benzene rings is 2. The van der Waals surface area contributed by atoms with Crippen molar-refractivity contribution in [2.45, 2.75) is 25.8 Å². The lowest BCUT2D eigenvalue weighted by Crippen LogP contribution is -2.30. The number of aliphatic hydroxyl groups is 1. The van der Waals surface area contributed by atoms with Gasteiger partial charge in [-0.3, -0.25) is 14.5 Å². The van der Waals surface area contributed by atoms with Crippen molar-refractivity contribution in [1.82, 2.24) is 0 Å². The summed E-state index contributed by atoms with van der Waals surface area (Å²) in [5.74, 6) is -0.940. The molecule has 0 fully saturated rings. The Bertz CT molecular complexity index is 1050. The first kappa shape index (κ1) is 18.7. The molecule has 1 unspecified atom stereocenters. The summed E-state index contributed by atoms with van der Waals surface area (Å²) in [5.41, 5.74) is 2.75. The van der Waals surface area contributed by atoms with Crippen molar-refractivity contribution in [3.8, 4) is 0 Å². The number of carbonyl (C=O) groups is 2. The van der Waals surface area contributed by atoms with Crippen molar-refractivity contribution in [2.75, 3.05) is 4.90 Å². The zero-order chi connectivity index (χ0) is 20.4. The van der Waals surface area contributed by atoms with E-state index in [0.717, 1.165) is 11.1 Å². The van der Waals surface area contributed by atoms with Gasteiger partial charge in [0.15, 0.2) is 11.5 Å². The molecule has 0 radical (unpaired) electrons. The SMILES string of the molecule is Cc1ccc(N2C(=O)C(O)=C(C(=O)CCc3ccccc3)C2c2ccco2)cc1. The van der Waals surface area contributed by atoms with Crippen molar-refractivity contribution in [3.05, 3.63) is 101 Å². The molecule has 3 aromatic rings. The number of anilines is 1. The van der Waals surface area contributed by atoms with E-state index < -0.39 is 17.7 Å². The third-order valence-corrected chi connectivity index (χ3v) is 5.12. The second-order valence-corrected chi connectivity index (χ2v) is 7.10. The Balaban J connectivity index is 1.68. The lowest BCUT2D eigenvalue weighted by atomic mass is 9.96. The fraction of sp³-hybridized carbons (Fsp3) is 0.167. The van der Waals surface area contributed by atoms with Gasteiger partial charge in [0.1, 0.15) is 11.8 Å². The minimum atomic E-state index is -0.788. The average Bonchev–Trinajstić information content (AvgIpc) is 3.35. The molecule has 0 saturated heterocycles. The maximum Gasteiger partial charge on any atom is 0.294 e. The van der Waals surface area contributed by atoms with Gasteiger partial charge in [-0.05, 0) is 43.2 Å². The van der Waals surface area contributed by atoms with Crippen molar-refractivity contribution in [2.24, 2.45) is 0 Å². The Morgan fingerprint density at radius 1 is 1.03 bits per heavy atom. The fourth-order valence-electron chi connectivity index (χ4n) is 3.61. The van der Waals surface area contributed by atoms with Gasteiger partial charge in [0.2, 0.25) is 0 Å². The Morgan fingerprint density at radius 3 is 2.41 bits per heavy atom. The lowest BCUT2D eigenvalue weighted by Gasteiger charge is -2.25. The highest BCUT2D eigenvalue weighted by atomic mass is 16.3. The molecule has 0 saturated carbocycles. The molecule has 2 aromatic carbocycles. The average molecular weight is 387 g/mol. The molecule has 29 heavy (non-hydrogen) atoms. The van der Waals surface area contributed by atoms with E-state index in [1.54, 1.807) is 24.3 Å². The van der Waals surface area contributed by atoms with E-state index in [4.69, 9.17) is 4.42 Å². The van der Waals surface area contributed by atoms with Gasteiger partial charge in [-0.1, -0.05) is 48.0 Å². The minimum Gasteiger partial charge on any atom is -0.503 e. The van der Waals surface area contributed by atoms with E-state index in [0.29, 0.717) is 17.9 Å². The van der Waals surface area contributed by atoms with Crippen LogP contribution in [0.15, 0.2) is 88.7 Å². The van der Waals surface area contributed by atoms with Gasteiger partial charge in [0.05, 0.1) is 11.8 Å². The van der Waals surface area contributed by atoms with Crippen LogP contribution in [0.2, 0.25) is 0 Å².